The summed E-state index contributed by atoms with van der Waals surface area (Å²) in [6, 6.07) is 0. The van der Waals surface area contributed by atoms with Gasteiger partial charge in [0.05, 0.1) is 17.7 Å². The van der Waals surface area contributed by atoms with Gasteiger partial charge in [0.1, 0.15) is 0 Å². The summed E-state index contributed by atoms with van der Waals surface area (Å²) in [6.07, 6.45) is 2.03. The number of sulfone groups is 1. The molecule has 0 aromatic carbocycles. The number of nitrogens with two attached hydrogens (primary N) is 1. The highest BCUT2D eigenvalue weighted by molar-refractivity contribution is 7.91. The third kappa shape index (κ3) is 3.25. The first-order chi connectivity index (χ1) is 6.05. The second-order valence-corrected chi connectivity index (χ2v) is 5.85. The van der Waals surface area contributed by atoms with Crippen molar-refractivity contribution in [3.63, 3.8) is 0 Å². The molecule has 13 heavy (non-hydrogen) atoms. The topological polar surface area (TPSA) is 63.4 Å². The fourth-order valence-electron chi connectivity index (χ4n) is 1.54. The van der Waals surface area contributed by atoms with Crippen molar-refractivity contribution in [2.45, 2.75) is 25.9 Å². The zero-order valence-electron chi connectivity index (χ0n) is 8.07. The highest BCUT2D eigenvalue weighted by Crippen LogP contribution is 2.08. The molecule has 2 N–H and O–H groups in total. The molecule has 0 saturated carbocycles. The second-order valence-electron chi connectivity index (χ2n) is 3.54. The molecular formula is C8H18N2O2S. The summed E-state index contributed by atoms with van der Waals surface area (Å²) in [5, 5.41) is 0. The fourth-order valence-corrected chi connectivity index (χ4v) is 2.77. The summed E-state index contributed by atoms with van der Waals surface area (Å²) in [6.45, 7) is 3.29. The van der Waals surface area contributed by atoms with Gasteiger partial charge in [-0.3, -0.25) is 4.90 Å². The standard InChI is InChI=1S/C8H18N2O2S/c1-2-3-8(9)10-4-6-13(11,12)7-5-10/h8H,2-7,9H2,1H3. The lowest BCUT2D eigenvalue weighted by Crippen LogP contribution is -2.49. The molecule has 0 aliphatic carbocycles. The highest BCUT2D eigenvalue weighted by Gasteiger charge is 2.24. The molecular weight excluding hydrogens is 188 g/mol. The zero-order chi connectivity index (χ0) is 9.90. The van der Waals surface area contributed by atoms with Gasteiger partial charge in [-0.2, -0.15) is 0 Å². The van der Waals surface area contributed by atoms with E-state index in [-0.39, 0.29) is 17.7 Å². The van der Waals surface area contributed by atoms with Crippen LogP contribution in [0.25, 0.3) is 0 Å². The number of nitrogens with zero attached hydrogens (tertiary/aromatic N) is 1. The average molecular weight is 206 g/mol. The van der Waals surface area contributed by atoms with Crippen molar-refractivity contribution in [1.29, 1.82) is 0 Å². The Bertz CT molecular complexity index is 237. The summed E-state index contributed by atoms with van der Waals surface area (Å²) < 4.78 is 22.2. The first-order valence-corrected chi connectivity index (χ1v) is 6.57. The molecule has 0 bridgehead atoms. The van der Waals surface area contributed by atoms with Crippen LogP contribution in [0.15, 0.2) is 0 Å². The minimum absolute atomic E-state index is 0.0421. The van der Waals surface area contributed by atoms with E-state index in [0.29, 0.717) is 13.1 Å². The lowest BCUT2D eigenvalue weighted by atomic mass is 10.2. The molecule has 0 aromatic heterocycles. The zero-order valence-corrected chi connectivity index (χ0v) is 8.89. The van der Waals surface area contributed by atoms with Gasteiger partial charge >= 0.3 is 0 Å². The lowest BCUT2D eigenvalue weighted by molar-refractivity contribution is 0.205. The van der Waals surface area contributed by atoms with Gasteiger partial charge in [-0.05, 0) is 6.42 Å². The summed E-state index contributed by atoms with van der Waals surface area (Å²) in [7, 11) is -2.76. The normalized spacial score (nSPS) is 25.7. The molecule has 0 spiro atoms. The molecule has 1 heterocycles. The van der Waals surface area contributed by atoms with E-state index in [1.165, 1.54) is 0 Å². The maximum absolute atomic E-state index is 11.1. The van der Waals surface area contributed by atoms with Crippen LogP contribution in [0.3, 0.4) is 0 Å². The molecule has 1 aliphatic rings. The number of hydrogen-bond acceptors (Lipinski definition) is 4. The molecule has 0 aromatic rings. The predicted molar refractivity (Wildman–Crippen MR) is 53.1 cm³/mol. The quantitative estimate of drug-likeness (QED) is 0.694. The molecule has 1 rings (SSSR count). The van der Waals surface area contributed by atoms with Crippen LogP contribution in [-0.2, 0) is 9.84 Å². The van der Waals surface area contributed by atoms with Gasteiger partial charge in [-0.1, -0.05) is 13.3 Å². The Morgan fingerprint density at radius 3 is 2.38 bits per heavy atom. The Balaban J connectivity index is 2.40. The molecule has 1 saturated heterocycles. The van der Waals surface area contributed by atoms with Gasteiger partial charge in [0.15, 0.2) is 9.84 Å². The first kappa shape index (κ1) is 10.9. The molecule has 1 atom stereocenters. The third-order valence-electron chi connectivity index (χ3n) is 2.43. The highest BCUT2D eigenvalue weighted by atomic mass is 32.2. The van der Waals surface area contributed by atoms with Crippen LogP contribution in [0.4, 0.5) is 0 Å². The van der Waals surface area contributed by atoms with Crippen molar-refractivity contribution in [2.24, 2.45) is 5.73 Å². The lowest BCUT2D eigenvalue weighted by Gasteiger charge is -2.31. The fraction of sp³-hybridized carbons (Fsp3) is 1.00. The SMILES string of the molecule is CCCC(N)N1CCS(=O)(=O)CC1. The van der Waals surface area contributed by atoms with Gasteiger partial charge in [0.25, 0.3) is 0 Å². The van der Waals surface area contributed by atoms with Crippen LogP contribution in [0, 0.1) is 0 Å². The van der Waals surface area contributed by atoms with Crippen molar-refractivity contribution in [3.8, 4) is 0 Å². The van der Waals surface area contributed by atoms with Crippen molar-refractivity contribution in [2.75, 3.05) is 24.6 Å². The predicted octanol–water partition coefficient (Wildman–Crippen LogP) is -0.198. The van der Waals surface area contributed by atoms with Gasteiger partial charge in [-0.15, -0.1) is 0 Å². The van der Waals surface area contributed by atoms with Gasteiger partial charge in [0, 0.05) is 13.1 Å². The molecule has 78 valence electrons. The van der Waals surface area contributed by atoms with E-state index in [2.05, 4.69) is 11.8 Å². The number of hydrogen-bond donors (Lipinski definition) is 1. The van der Waals surface area contributed by atoms with E-state index in [4.69, 9.17) is 5.73 Å². The molecule has 4 nitrogen and oxygen atoms in total. The summed E-state index contributed by atoms with van der Waals surface area (Å²) in [4.78, 5) is 2.06. The molecule has 0 amide bonds. The largest absolute Gasteiger partial charge is 0.316 e. The van der Waals surface area contributed by atoms with Crippen molar-refractivity contribution in [3.05, 3.63) is 0 Å². The van der Waals surface area contributed by atoms with Gasteiger partial charge < -0.3 is 5.73 Å². The summed E-state index contributed by atoms with van der Waals surface area (Å²) in [5.41, 5.74) is 5.88. The number of rotatable bonds is 3. The maximum atomic E-state index is 11.1. The Morgan fingerprint density at radius 1 is 1.38 bits per heavy atom. The van der Waals surface area contributed by atoms with Crippen LogP contribution in [0.2, 0.25) is 0 Å². The molecule has 1 unspecified atom stereocenters. The van der Waals surface area contributed by atoms with E-state index in [9.17, 15) is 8.42 Å². The van der Waals surface area contributed by atoms with Crippen LogP contribution < -0.4 is 5.73 Å². The smallest absolute Gasteiger partial charge is 0.152 e. The Hall–Kier alpha value is -0.130. The second kappa shape index (κ2) is 4.39. The van der Waals surface area contributed by atoms with E-state index in [1.807, 2.05) is 0 Å². The Kier molecular flexibility index (Phi) is 3.70. The molecule has 5 heteroatoms. The monoisotopic (exact) mass is 206 g/mol. The first-order valence-electron chi connectivity index (χ1n) is 4.75. The molecule has 1 aliphatic heterocycles. The van der Waals surface area contributed by atoms with Gasteiger partial charge in [0.2, 0.25) is 0 Å². The van der Waals surface area contributed by atoms with Crippen LogP contribution in [0.5, 0.6) is 0 Å². The van der Waals surface area contributed by atoms with Crippen LogP contribution in [-0.4, -0.2) is 44.1 Å². The minimum Gasteiger partial charge on any atom is -0.316 e. The van der Waals surface area contributed by atoms with E-state index < -0.39 is 9.84 Å². The van der Waals surface area contributed by atoms with Crippen LogP contribution in [0.1, 0.15) is 19.8 Å². The van der Waals surface area contributed by atoms with Gasteiger partial charge in [-0.25, -0.2) is 8.42 Å². The third-order valence-corrected chi connectivity index (χ3v) is 4.04. The van der Waals surface area contributed by atoms with E-state index >= 15 is 0 Å². The Labute approximate surface area is 80.0 Å². The summed E-state index contributed by atoms with van der Waals surface area (Å²) in [5.74, 6) is 0.537. The average Bonchev–Trinajstić information content (AvgIpc) is 2.04. The molecule has 0 radical (unpaired) electrons. The molecule has 1 fully saturated rings. The Morgan fingerprint density at radius 2 is 1.92 bits per heavy atom. The van der Waals surface area contributed by atoms with E-state index in [1.54, 1.807) is 0 Å². The van der Waals surface area contributed by atoms with Crippen molar-refractivity contribution in [1.82, 2.24) is 4.90 Å². The van der Waals surface area contributed by atoms with Crippen molar-refractivity contribution < 1.29 is 8.42 Å². The maximum Gasteiger partial charge on any atom is 0.152 e. The van der Waals surface area contributed by atoms with Crippen molar-refractivity contribution >= 4 is 9.84 Å². The minimum atomic E-state index is -2.76. The summed E-state index contributed by atoms with van der Waals surface area (Å²) >= 11 is 0. The van der Waals surface area contributed by atoms with E-state index in [0.717, 1.165) is 12.8 Å². The van der Waals surface area contributed by atoms with Crippen LogP contribution >= 0.6 is 0 Å².